The van der Waals surface area contributed by atoms with E-state index < -0.39 is 23.1 Å². The van der Waals surface area contributed by atoms with Crippen molar-refractivity contribution in [2.75, 3.05) is 0 Å². The molecule has 6 nitrogen and oxygen atoms in total. The third-order valence-corrected chi connectivity index (χ3v) is 3.94. The maximum absolute atomic E-state index is 12.3. The number of ether oxygens (including phenoxy) is 1. The van der Waals surface area contributed by atoms with Crippen LogP contribution in [-0.4, -0.2) is 34.5 Å². The number of carboxylic acids is 1. The Balaban J connectivity index is 2.25. The number of carboxylic acid groups (broad SMARTS) is 1. The van der Waals surface area contributed by atoms with E-state index in [2.05, 4.69) is 0 Å². The van der Waals surface area contributed by atoms with Crippen LogP contribution in [-0.2, 0) is 20.7 Å². The third kappa shape index (κ3) is 5.01. The van der Waals surface area contributed by atoms with Gasteiger partial charge in [0.05, 0.1) is 0 Å². The predicted molar refractivity (Wildman–Crippen MR) is 101 cm³/mol. The first-order valence-corrected chi connectivity index (χ1v) is 8.45. The van der Waals surface area contributed by atoms with Crippen LogP contribution in [0.25, 0.3) is 11.1 Å². The van der Waals surface area contributed by atoms with Crippen molar-refractivity contribution >= 4 is 18.2 Å². The first kappa shape index (κ1) is 20.3. The quantitative estimate of drug-likeness (QED) is 0.461. The number of rotatable bonds is 6. The molecule has 2 rings (SSSR count). The normalized spacial score (nSPS) is 13.5. The molecule has 0 radical (unpaired) electrons. The van der Waals surface area contributed by atoms with Gasteiger partial charge in [0, 0.05) is 12.0 Å². The summed E-state index contributed by atoms with van der Waals surface area (Å²) in [6.45, 7) is 4.94. The van der Waals surface area contributed by atoms with Gasteiger partial charge >= 0.3 is 11.9 Å². The molecule has 2 aromatic carbocycles. The van der Waals surface area contributed by atoms with Crippen LogP contribution in [0.15, 0.2) is 48.5 Å². The molecule has 0 fully saturated rings. The minimum absolute atomic E-state index is 0.202. The molecule has 0 saturated heterocycles. The lowest BCUT2D eigenvalue weighted by Gasteiger charge is -2.28. The summed E-state index contributed by atoms with van der Waals surface area (Å²) < 4.78 is 5.18. The summed E-state index contributed by atoms with van der Waals surface area (Å²) in [7, 11) is 0. The smallest absolute Gasteiger partial charge is 0.338 e. The van der Waals surface area contributed by atoms with Crippen molar-refractivity contribution in [2.24, 2.45) is 5.73 Å². The number of hydrogen-bond acceptors (Lipinski definition) is 5. The van der Waals surface area contributed by atoms with Gasteiger partial charge in [0.25, 0.3) is 0 Å². The second-order valence-corrected chi connectivity index (χ2v) is 7.40. The second-order valence-electron chi connectivity index (χ2n) is 7.40. The fourth-order valence-corrected chi connectivity index (χ4v) is 2.53. The van der Waals surface area contributed by atoms with E-state index in [9.17, 15) is 19.5 Å². The van der Waals surface area contributed by atoms with Crippen molar-refractivity contribution in [2.45, 2.75) is 38.3 Å². The lowest BCUT2D eigenvalue weighted by Crippen LogP contribution is -2.58. The SMILES string of the molecule is CC(C)(C)OC(=O)C(N)(Cc1ccc(-c2cccc(C=O)c2)cc1)C(=O)O. The number of hydrogen-bond donors (Lipinski definition) is 2. The Kier molecular flexibility index (Phi) is 5.81. The first-order valence-electron chi connectivity index (χ1n) is 8.45. The number of nitrogens with two attached hydrogens (primary N) is 1. The molecule has 0 amide bonds. The summed E-state index contributed by atoms with van der Waals surface area (Å²) in [6.07, 6.45) is 0.570. The highest BCUT2D eigenvalue weighted by molar-refractivity contribution is 6.04. The van der Waals surface area contributed by atoms with Crippen molar-refractivity contribution in [3.8, 4) is 11.1 Å². The van der Waals surface area contributed by atoms with Gasteiger partial charge in [-0.1, -0.05) is 42.5 Å². The van der Waals surface area contributed by atoms with Crippen LogP contribution in [0.4, 0.5) is 0 Å². The molecule has 0 heterocycles. The lowest BCUT2D eigenvalue weighted by atomic mass is 9.90. The topological polar surface area (TPSA) is 107 Å². The van der Waals surface area contributed by atoms with E-state index in [0.29, 0.717) is 11.1 Å². The number of aliphatic carboxylic acids is 1. The van der Waals surface area contributed by atoms with Crippen molar-refractivity contribution in [1.82, 2.24) is 0 Å². The fourth-order valence-electron chi connectivity index (χ4n) is 2.53. The number of carbonyl (C=O) groups excluding carboxylic acids is 2. The molecule has 0 saturated carbocycles. The minimum Gasteiger partial charge on any atom is -0.479 e. The van der Waals surface area contributed by atoms with Gasteiger partial charge in [0.15, 0.2) is 0 Å². The molecule has 142 valence electrons. The van der Waals surface area contributed by atoms with Gasteiger partial charge in [-0.25, -0.2) is 9.59 Å². The summed E-state index contributed by atoms with van der Waals surface area (Å²) in [5, 5.41) is 9.49. The van der Waals surface area contributed by atoms with Crippen LogP contribution in [0.5, 0.6) is 0 Å². The Labute approximate surface area is 158 Å². The molecule has 0 aliphatic heterocycles. The van der Waals surface area contributed by atoms with Crippen LogP contribution >= 0.6 is 0 Å². The molecule has 2 aromatic rings. The largest absolute Gasteiger partial charge is 0.479 e. The number of benzene rings is 2. The minimum atomic E-state index is -2.17. The molecule has 0 spiro atoms. The van der Waals surface area contributed by atoms with Crippen LogP contribution in [0.1, 0.15) is 36.7 Å². The van der Waals surface area contributed by atoms with Gasteiger partial charge in [-0.15, -0.1) is 0 Å². The van der Waals surface area contributed by atoms with Crippen molar-refractivity contribution in [1.29, 1.82) is 0 Å². The maximum atomic E-state index is 12.3. The molecule has 0 aromatic heterocycles. The standard InChI is InChI=1S/C21H23NO5/c1-20(2,3)27-19(26)21(22,18(24)25)12-14-7-9-16(10-8-14)17-6-4-5-15(11-17)13-23/h4-11,13H,12,22H2,1-3H3,(H,24,25). The monoisotopic (exact) mass is 369 g/mol. The molecule has 1 atom stereocenters. The van der Waals surface area contributed by atoms with E-state index >= 15 is 0 Å². The van der Waals surface area contributed by atoms with Gasteiger partial charge in [-0.3, -0.25) is 4.79 Å². The maximum Gasteiger partial charge on any atom is 0.338 e. The molecule has 0 bridgehead atoms. The highest BCUT2D eigenvalue weighted by Gasteiger charge is 2.45. The summed E-state index contributed by atoms with van der Waals surface area (Å²) in [5.74, 6) is -2.43. The first-order chi connectivity index (χ1) is 12.5. The van der Waals surface area contributed by atoms with Gasteiger partial charge < -0.3 is 15.6 Å². The molecule has 3 N–H and O–H groups in total. The molecule has 1 unspecified atom stereocenters. The summed E-state index contributed by atoms with van der Waals surface area (Å²) >= 11 is 0. The fraction of sp³-hybridized carbons (Fsp3) is 0.286. The zero-order valence-corrected chi connectivity index (χ0v) is 15.6. The van der Waals surface area contributed by atoms with Gasteiger partial charge in [-0.2, -0.15) is 0 Å². The molecular weight excluding hydrogens is 346 g/mol. The van der Waals surface area contributed by atoms with Crippen molar-refractivity contribution < 1.29 is 24.2 Å². The lowest BCUT2D eigenvalue weighted by molar-refractivity contribution is -0.169. The Hall–Kier alpha value is -2.99. The van der Waals surface area contributed by atoms with E-state index in [1.807, 2.05) is 6.07 Å². The van der Waals surface area contributed by atoms with E-state index in [-0.39, 0.29) is 6.42 Å². The molecule has 0 aliphatic rings. The molecular formula is C21H23NO5. The van der Waals surface area contributed by atoms with E-state index in [0.717, 1.165) is 17.4 Å². The van der Waals surface area contributed by atoms with E-state index in [1.54, 1.807) is 63.2 Å². The third-order valence-electron chi connectivity index (χ3n) is 3.94. The van der Waals surface area contributed by atoms with E-state index in [4.69, 9.17) is 10.5 Å². The summed E-state index contributed by atoms with van der Waals surface area (Å²) in [4.78, 5) is 34.9. The van der Waals surface area contributed by atoms with Gasteiger partial charge in [0.1, 0.15) is 11.9 Å². The molecule has 6 heteroatoms. The van der Waals surface area contributed by atoms with Crippen molar-refractivity contribution in [3.05, 3.63) is 59.7 Å². The zero-order chi connectivity index (χ0) is 20.2. The second kappa shape index (κ2) is 7.72. The average Bonchev–Trinajstić information content (AvgIpc) is 2.60. The average molecular weight is 369 g/mol. The Morgan fingerprint density at radius 2 is 1.70 bits per heavy atom. The Bertz CT molecular complexity index is 852. The number of carbonyl (C=O) groups is 3. The van der Waals surface area contributed by atoms with Gasteiger partial charge in [-0.05, 0) is 43.5 Å². The predicted octanol–water partition coefficient (Wildman–Crippen LogP) is 2.83. The number of esters is 1. The summed E-state index contributed by atoms with van der Waals surface area (Å²) in [6, 6.07) is 14.1. The Morgan fingerprint density at radius 3 is 2.22 bits per heavy atom. The van der Waals surface area contributed by atoms with Crippen LogP contribution in [0, 0.1) is 0 Å². The van der Waals surface area contributed by atoms with E-state index in [1.165, 1.54) is 0 Å². The Morgan fingerprint density at radius 1 is 1.07 bits per heavy atom. The van der Waals surface area contributed by atoms with Gasteiger partial charge in [0.2, 0.25) is 5.54 Å². The van der Waals surface area contributed by atoms with Crippen LogP contribution in [0.3, 0.4) is 0 Å². The van der Waals surface area contributed by atoms with Crippen LogP contribution in [0.2, 0.25) is 0 Å². The number of aldehydes is 1. The molecule has 27 heavy (non-hydrogen) atoms. The van der Waals surface area contributed by atoms with Crippen LogP contribution < -0.4 is 5.73 Å². The molecule has 0 aliphatic carbocycles. The van der Waals surface area contributed by atoms with Crippen molar-refractivity contribution in [3.63, 3.8) is 0 Å². The summed E-state index contributed by atoms with van der Waals surface area (Å²) in [5.41, 5.74) is 5.74. The zero-order valence-electron chi connectivity index (χ0n) is 15.6. The highest BCUT2D eigenvalue weighted by atomic mass is 16.6. The highest BCUT2D eigenvalue weighted by Crippen LogP contribution is 2.23.